The van der Waals surface area contributed by atoms with Crippen LogP contribution in [-0.2, 0) is 4.79 Å². The largest absolute Gasteiger partial charge is 0.481 e. The number of aliphatic carboxylic acids is 1. The number of anilines is 1. The summed E-state index contributed by atoms with van der Waals surface area (Å²) in [6.07, 6.45) is 5.70. The van der Waals surface area contributed by atoms with E-state index in [1.54, 1.807) is 6.20 Å². The summed E-state index contributed by atoms with van der Waals surface area (Å²) in [6.45, 7) is 6.21. The van der Waals surface area contributed by atoms with Crippen molar-refractivity contribution in [2.45, 2.75) is 52.1 Å². The smallest absolute Gasteiger partial charge is 0.306 e. The van der Waals surface area contributed by atoms with Gasteiger partial charge in [0.2, 0.25) is 5.95 Å². The van der Waals surface area contributed by atoms with E-state index >= 15 is 0 Å². The molecule has 0 saturated heterocycles. The molecule has 3 rings (SSSR count). The zero-order chi connectivity index (χ0) is 17.3. The molecule has 128 valence electrons. The minimum absolute atomic E-state index is 0.109. The lowest BCUT2D eigenvalue weighted by Crippen LogP contribution is -2.19. The van der Waals surface area contributed by atoms with E-state index in [4.69, 9.17) is 5.11 Å². The normalized spacial score (nSPS) is 20.5. The first-order valence-corrected chi connectivity index (χ1v) is 8.32. The van der Waals surface area contributed by atoms with Gasteiger partial charge < -0.3 is 15.0 Å². The Morgan fingerprint density at radius 3 is 2.83 bits per heavy atom. The molecule has 1 fully saturated rings. The predicted octanol–water partition coefficient (Wildman–Crippen LogP) is 2.89. The lowest BCUT2D eigenvalue weighted by molar-refractivity contribution is -0.141. The van der Waals surface area contributed by atoms with Gasteiger partial charge in [-0.05, 0) is 46.1 Å². The van der Waals surface area contributed by atoms with Gasteiger partial charge in [-0.3, -0.25) is 4.79 Å². The Kier molecular flexibility index (Phi) is 4.51. The van der Waals surface area contributed by atoms with Gasteiger partial charge in [0.15, 0.2) is 0 Å². The van der Waals surface area contributed by atoms with Crippen molar-refractivity contribution >= 4 is 11.9 Å². The highest BCUT2D eigenvalue weighted by Crippen LogP contribution is 2.28. The standard InChI is InChI=1S/C17H23N5O2/c1-10(2)22-11(3)19-9-15(22)14-6-7-18-17(21-14)20-13-5-4-12(8-13)16(23)24/h6-7,9-10,12-13H,4-5,8H2,1-3H3,(H,23,24)(H,18,20,21)/t12?,13-/m1/s1. The quantitative estimate of drug-likeness (QED) is 0.876. The molecule has 2 atom stereocenters. The molecular formula is C17H23N5O2. The van der Waals surface area contributed by atoms with Crippen molar-refractivity contribution in [2.24, 2.45) is 5.92 Å². The third-order valence-corrected chi connectivity index (χ3v) is 4.53. The fourth-order valence-corrected chi connectivity index (χ4v) is 3.39. The van der Waals surface area contributed by atoms with Gasteiger partial charge in [0.05, 0.1) is 23.5 Å². The zero-order valence-corrected chi connectivity index (χ0v) is 14.2. The van der Waals surface area contributed by atoms with Gasteiger partial charge in [0.1, 0.15) is 5.82 Å². The fourth-order valence-electron chi connectivity index (χ4n) is 3.39. The summed E-state index contributed by atoms with van der Waals surface area (Å²) >= 11 is 0. The summed E-state index contributed by atoms with van der Waals surface area (Å²) in [4.78, 5) is 24.3. The van der Waals surface area contributed by atoms with Crippen molar-refractivity contribution in [3.8, 4) is 11.4 Å². The van der Waals surface area contributed by atoms with E-state index in [1.807, 2.05) is 19.2 Å². The molecule has 2 N–H and O–H groups in total. The molecule has 1 aliphatic carbocycles. The number of carboxylic acid groups (broad SMARTS) is 1. The number of hydrogen-bond donors (Lipinski definition) is 2. The van der Waals surface area contributed by atoms with Gasteiger partial charge in [0.25, 0.3) is 0 Å². The zero-order valence-electron chi connectivity index (χ0n) is 14.2. The van der Waals surface area contributed by atoms with Crippen LogP contribution in [0, 0.1) is 12.8 Å². The SMILES string of the molecule is Cc1ncc(-c2ccnc(N[C@@H]3CCC(C(=O)O)C3)n2)n1C(C)C. The second-order valence-electron chi connectivity index (χ2n) is 6.61. The van der Waals surface area contributed by atoms with Gasteiger partial charge >= 0.3 is 5.97 Å². The van der Waals surface area contributed by atoms with Crippen molar-refractivity contribution in [3.63, 3.8) is 0 Å². The summed E-state index contributed by atoms with van der Waals surface area (Å²) in [5.41, 5.74) is 1.78. The third-order valence-electron chi connectivity index (χ3n) is 4.53. The van der Waals surface area contributed by atoms with Gasteiger partial charge in [0, 0.05) is 18.3 Å². The van der Waals surface area contributed by atoms with Crippen molar-refractivity contribution < 1.29 is 9.90 Å². The first kappa shape index (κ1) is 16.4. The molecule has 0 bridgehead atoms. The Hall–Kier alpha value is -2.44. The Morgan fingerprint density at radius 1 is 1.38 bits per heavy atom. The van der Waals surface area contributed by atoms with Gasteiger partial charge in [-0.25, -0.2) is 15.0 Å². The van der Waals surface area contributed by atoms with Crippen LogP contribution in [0.1, 0.15) is 45.0 Å². The molecule has 1 aliphatic rings. The number of rotatable bonds is 5. The third kappa shape index (κ3) is 3.25. The van der Waals surface area contributed by atoms with Crippen molar-refractivity contribution in [1.82, 2.24) is 19.5 Å². The van der Waals surface area contributed by atoms with Crippen LogP contribution in [0.15, 0.2) is 18.5 Å². The van der Waals surface area contributed by atoms with Crippen LogP contribution >= 0.6 is 0 Å². The lowest BCUT2D eigenvalue weighted by Gasteiger charge is -2.15. The Bertz CT molecular complexity index is 740. The second-order valence-corrected chi connectivity index (χ2v) is 6.61. The second kappa shape index (κ2) is 6.59. The topological polar surface area (TPSA) is 92.9 Å². The van der Waals surface area contributed by atoms with E-state index in [9.17, 15) is 4.79 Å². The molecule has 2 heterocycles. The molecule has 1 saturated carbocycles. The molecular weight excluding hydrogens is 306 g/mol. The summed E-state index contributed by atoms with van der Waals surface area (Å²) < 4.78 is 2.14. The highest BCUT2D eigenvalue weighted by molar-refractivity contribution is 5.70. The van der Waals surface area contributed by atoms with Crippen LogP contribution in [0.3, 0.4) is 0 Å². The molecule has 0 radical (unpaired) electrons. The molecule has 0 aliphatic heterocycles. The highest BCUT2D eigenvalue weighted by Gasteiger charge is 2.30. The maximum atomic E-state index is 11.1. The summed E-state index contributed by atoms with van der Waals surface area (Å²) in [5, 5.41) is 12.4. The number of carbonyl (C=O) groups is 1. The maximum absolute atomic E-state index is 11.1. The Morgan fingerprint density at radius 2 is 2.17 bits per heavy atom. The molecule has 0 spiro atoms. The van der Waals surface area contributed by atoms with Gasteiger partial charge in [-0.15, -0.1) is 0 Å². The molecule has 2 aromatic heterocycles. The summed E-state index contributed by atoms with van der Waals surface area (Å²) in [5.74, 6) is 0.506. The molecule has 0 aromatic carbocycles. The number of nitrogens with zero attached hydrogens (tertiary/aromatic N) is 4. The average molecular weight is 329 g/mol. The molecule has 0 amide bonds. The van der Waals surface area contributed by atoms with Crippen molar-refractivity contribution in [2.75, 3.05) is 5.32 Å². The highest BCUT2D eigenvalue weighted by atomic mass is 16.4. The van der Waals surface area contributed by atoms with E-state index < -0.39 is 5.97 Å². The monoisotopic (exact) mass is 329 g/mol. The van der Waals surface area contributed by atoms with Crippen LogP contribution in [0.2, 0.25) is 0 Å². The number of carboxylic acids is 1. The van der Waals surface area contributed by atoms with Crippen LogP contribution in [0.25, 0.3) is 11.4 Å². The van der Waals surface area contributed by atoms with Crippen molar-refractivity contribution in [3.05, 3.63) is 24.3 Å². The molecule has 1 unspecified atom stereocenters. The van der Waals surface area contributed by atoms with Crippen LogP contribution in [-0.4, -0.2) is 36.6 Å². The first-order chi connectivity index (χ1) is 11.5. The molecule has 2 aromatic rings. The number of imidazole rings is 1. The number of aromatic nitrogens is 4. The first-order valence-electron chi connectivity index (χ1n) is 8.32. The fraction of sp³-hybridized carbons (Fsp3) is 0.529. The van der Waals surface area contributed by atoms with Crippen LogP contribution in [0.5, 0.6) is 0 Å². The number of aryl methyl sites for hydroxylation is 1. The van der Waals surface area contributed by atoms with Crippen LogP contribution in [0.4, 0.5) is 5.95 Å². The average Bonchev–Trinajstić information content (AvgIpc) is 3.14. The summed E-state index contributed by atoms with van der Waals surface area (Å²) in [6, 6.07) is 2.27. The van der Waals surface area contributed by atoms with Gasteiger partial charge in [-0.1, -0.05) is 0 Å². The Labute approximate surface area is 141 Å². The lowest BCUT2D eigenvalue weighted by atomic mass is 10.1. The van der Waals surface area contributed by atoms with E-state index in [2.05, 4.69) is 38.7 Å². The molecule has 24 heavy (non-hydrogen) atoms. The molecule has 7 heteroatoms. The van der Waals surface area contributed by atoms with E-state index in [0.717, 1.165) is 23.6 Å². The van der Waals surface area contributed by atoms with E-state index in [-0.39, 0.29) is 12.0 Å². The van der Waals surface area contributed by atoms with E-state index in [1.165, 1.54) is 0 Å². The number of hydrogen-bond acceptors (Lipinski definition) is 5. The van der Waals surface area contributed by atoms with E-state index in [0.29, 0.717) is 24.8 Å². The van der Waals surface area contributed by atoms with Gasteiger partial charge in [-0.2, -0.15) is 0 Å². The minimum Gasteiger partial charge on any atom is -0.481 e. The molecule has 7 nitrogen and oxygen atoms in total. The Balaban J connectivity index is 1.79. The maximum Gasteiger partial charge on any atom is 0.306 e. The number of nitrogens with one attached hydrogen (secondary N) is 1. The summed E-state index contributed by atoms with van der Waals surface area (Å²) in [7, 11) is 0. The predicted molar refractivity (Wildman–Crippen MR) is 90.8 cm³/mol. The van der Waals surface area contributed by atoms with Crippen LogP contribution < -0.4 is 5.32 Å². The van der Waals surface area contributed by atoms with Crippen molar-refractivity contribution in [1.29, 1.82) is 0 Å². The minimum atomic E-state index is -0.717.